The van der Waals surface area contributed by atoms with Crippen molar-refractivity contribution >= 4 is 18.3 Å². The number of fused-ring (bicyclic) bond motifs is 1. The van der Waals surface area contributed by atoms with Gasteiger partial charge in [-0.25, -0.2) is 0 Å². The Morgan fingerprint density at radius 3 is 2.64 bits per heavy atom. The third-order valence-corrected chi connectivity index (χ3v) is 4.13. The third kappa shape index (κ3) is 3.84. The zero-order chi connectivity index (χ0) is 14.7. The minimum atomic E-state index is -0.0248. The summed E-state index contributed by atoms with van der Waals surface area (Å²) in [6.45, 7) is 5.03. The summed E-state index contributed by atoms with van der Waals surface area (Å²) in [7, 11) is 0. The highest BCUT2D eigenvalue weighted by Gasteiger charge is 2.23. The first-order chi connectivity index (χ1) is 10.2. The molecule has 2 heterocycles. The van der Waals surface area contributed by atoms with E-state index >= 15 is 0 Å². The Kier molecular flexibility index (Phi) is 5.91. The summed E-state index contributed by atoms with van der Waals surface area (Å²) in [5.74, 6) is 1.83. The maximum Gasteiger partial charge on any atom is 0.223 e. The van der Waals surface area contributed by atoms with E-state index in [1.807, 2.05) is 25.1 Å². The Balaban J connectivity index is 0.00000176. The summed E-state index contributed by atoms with van der Waals surface area (Å²) in [6.07, 6.45) is 1.83. The van der Waals surface area contributed by atoms with Crippen molar-refractivity contribution in [1.82, 2.24) is 10.6 Å². The van der Waals surface area contributed by atoms with E-state index in [-0.39, 0.29) is 30.3 Å². The molecule has 0 saturated carbocycles. The molecule has 1 fully saturated rings. The highest BCUT2D eigenvalue weighted by molar-refractivity contribution is 5.85. The number of amides is 1. The molecule has 122 valence electrons. The van der Waals surface area contributed by atoms with E-state index in [4.69, 9.17) is 9.47 Å². The summed E-state index contributed by atoms with van der Waals surface area (Å²) in [5, 5.41) is 6.39. The second-order valence-electron chi connectivity index (χ2n) is 5.66. The quantitative estimate of drug-likeness (QED) is 0.892. The van der Waals surface area contributed by atoms with Gasteiger partial charge in [0.1, 0.15) is 13.2 Å². The van der Waals surface area contributed by atoms with E-state index in [1.165, 1.54) is 0 Å². The average molecular weight is 327 g/mol. The maximum atomic E-state index is 12.3. The molecule has 0 radical (unpaired) electrons. The van der Waals surface area contributed by atoms with Crippen LogP contribution >= 0.6 is 12.4 Å². The molecule has 0 aliphatic carbocycles. The predicted molar refractivity (Wildman–Crippen MR) is 86.8 cm³/mol. The van der Waals surface area contributed by atoms with Crippen molar-refractivity contribution in [3.63, 3.8) is 0 Å². The van der Waals surface area contributed by atoms with Gasteiger partial charge >= 0.3 is 0 Å². The van der Waals surface area contributed by atoms with Crippen LogP contribution in [0.3, 0.4) is 0 Å². The number of halogens is 1. The Labute approximate surface area is 137 Å². The number of hydrogen-bond acceptors (Lipinski definition) is 4. The third-order valence-electron chi connectivity index (χ3n) is 4.13. The van der Waals surface area contributed by atoms with Crippen LogP contribution in [0.15, 0.2) is 18.2 Å². The van der Waals surface area contributed by atoms with Gasteiger partial charge < -0.3 is 20.1 Å². The van der Waals surface area contributed by atoms with E-state index in [9.17, 15) is 4.79 Å². The Morgan fingerprint density at radius 1 is 1.23 bits per heavy atom. The van der Waals surface area contributed by atoms with E-state index in [0.717, 1.165) is 43.0 Å². The summed E-state index contributed by atoms with van der Waals surface area (Å²) >= 11 is 0. The standard InChI is InChI=1S/C16H22N2O3.ClH/c1-11(18-16(19)12-4-6-17-7-5-12)13-2-3-14-15(10-13)21-9-8-20-14;/h2-3,10-12,17H,4-9H2,1H3,(H,18,19);1H. The first-order valence-electron chi connectivity index (χ1n) is 7.64. The molecule has 2 aliphatic heterocycles. The molecule has 1 atom stereocenters. The Bertz CT molecular complexity index is 518. The zero-order valence-corrected chi connectivity index (χ0v) is 13.6. The fraction of sp³-hybridized carbons (Fsp3) is 0.562. The molecule has 1 saturated heterocycles. The van der Waals surface area contributed by atoms with Gasteiger partial charge in [-0.1, -0.05) is 6.07 Å². The van der Waals surface area contributed by atoms with Crippen LogP contribution in [0.2, 0.25) is 0 Å². The molecule has 1 unspecified atom stereocenters. The van der Waals surface area contributed by atoms with Gasteiger partial charge in [-0.15, -0.1) is 12.4 Å². The number of carbonyl (C=O) groups excluding carboxylic acids is 1. The van der Waals surface area contributed by atoms with Crippen molar-refractivity contribution in [3.8, 4) is 11.5 Å². The lowest BCUT2D eigenvalue weighted by Crippen LogP contribution is -2.39. The molecule has 0 spiro atoms. The molecule has 2 N–H and O–H groups in total. The van der Waals surface area contributed by atoms with Crippen molar-refractivity contribution in [2.45, 2.75) is 25.8 Å². The minimum absolute atomic E-state index is 0. The molecule has 1 aromatic carbocycles. The summed E-state index contributed by atoms with van der Waals surface area (Å²) < 4.78 is 11.1. The largest absolute Gasteiger partial charge is 0.486 e. The average Bonchev–Trinajstić information content (AvgIpc) is 2.55. The molecule has 3 rings (SSSR count). The van der Waals surface area contributed by atoms with Gasteiger partial charge in [0.25, 0.3) is 0 Å². The predicted octanol–water partition coefficient (Wildman–Crippen LogP) is 2.06. The summed E-state index contributed by atoms with van der Waals surface area (Å²) in [6, 6.07) is 5.84. The number of rotatable bonds is 3. The molecular weight excluding hydrogens is 304 g/mol. The molecule has 22 heavy (non-hydrogen) atoms. The SMILES string of the molecule is CC(NC(=O)C1CCNCC1)c1ccc2c(c1)OCCO2.Cl. The highest BCUT2D eigenvalue weighted by atomic mass is 35.5. The van der Waals surface area contributed by atoms with Crippen LogP contribution in [0, 0.1) is 5.92 Å². The molecule has 5 nitrogen and oxygen atoms in total. The lowest BCUT2D eigenvalue weighted by molar-refractivity contribution is -0.126. The number of nitrogens with one attached hydrogen (secondary N) is 2. The normalized spacial score (nSPS) is 19.0. The number of benzene rings is 1. The highest BCUT2D eigenvalue weighted by Crippen LogP contribution is 2.32. The molecule has 2 aliphatic rings. The van der Waals surface area contributed by atoms with Gasteiger partial charge in [0.05, 0.1) is 6.04 Å². The number of ether oxygens (including phenoxy) is 2. The fourth-order valence-corrected chi connectivity index (χ4v) is 2.83. The van der Waals surface area contributed by atoms with Crippen molar-refractivity contribution < 1.29 is 14.3 Å². The Morgan fingerprint density at radius 2 is 1.91 bits per heavy atom. The van der Waals surface area contributed by atoms with Gasteiger partial charge in [-0.2, -0.15) is 0 Å². The first-order valence-corrected chi connectivity index (χ1v) is 7.64. The van der Waals surface area contributed by atoms with E-state index < -0.39 is 0 Å². The monoisotopic (exact) mass is 326 g/mol. The topological polar surface area (TPSA) is 59.6 Å². The smallest absolute Gasteiger partial charge is 0.223 e. The first kappa shape index (κ1) is 16.9. The van der Waals surface area contributed by atoms with Crippen molar-refractivity contribution in [2.75, 3.05) is 26.3 Å². The van der Waals surface area contributed by atoms with Crippen LogP contribution in [0.5, 0.6) is 11.5 Å². The van der Waals surface area contributed by atoms with Gasteiger partial charge in [0.2, 0.25) is 5.91 Å². The Hall–Kier alpha value is -1.46. The lowest BCUT2D eigenvalue weighted by Gasteiger charge is -2.25. The summed E-state index contributed by atoms with van der Waals surface area (Å²) in [5.41, 5.74) is 1.04. The maximum absolute atomic E-state index is 12.3. The van der Waals surface area contributed by atoms with Crippen LogP contribution < -0.4 is 20.1 Å². The van der Waals surface area contributed by atoms with Gasteiger partial charge in [0.15, 0.2) is 11.5 Å². The van der Waals surface area contributed by atoms with E-state index in [2.05, 4.69) is 10.6 Å². The van der Waals surface area contributed by atoms with Crippen LogP contribution in [0.1, 0.15) is 31.4 Å². The molecular formula is C16H23ClN2O3. The fourth-order valence-electron chi connectivity index (χ4n) is 2.83. The van der Waals surface area contributed by atoms with Crippen LogP contribution in [-0.2, 0) is 4.79 Å². The van der Waals surface area contributed by atoms with Gasteiger partial charge in [-0.05, 0) is 50.6 Å². The van der Waals surface area contributed by atoms with Crippen LogP contribution in [-0.4, -0.2) is 32.2 Å². The minimum Gasteiger partial charge on any atom is -0.486 e. The van der Waals surface area contributed by atoms with Gasteiger partial charge in [0, 0.05) is 5.92 Å². The molecule has 1 amide bonds. The second kappa shape index (κ2) is 7.70. The van der Waals surface area contributed by atoms with Crippen molar-refractivity contribution in [2.24, 2.45) is 5.92 Å². The second-order valence-corrected chi connectivity index (χ2v) is 5.66. The lowest BCUT2D eigenvalue weighted by atomic mass is 9.96. The number of hydrogen-bond donors (Lipinski definition) is 2. The van der Waals surface area contributed by atoms with E-state index in [0.29, 0.717) is 13.2 Å². The van der Waals surface area contributed by atoms with Gasteiger partial charge in [-0.3, -0.25) is 4.79 Å². The molecule has 6 heteroatoms. The number of piperidine rings is 1. The van der Waals surface area contributed by atoms with E-state index in [1.54, 1.807) is 0 Å². The molecule has 1 aromatic rings. The van der Waals surface area contributed by atoms with Crippen LogP contribution in [0.4, 0.5) is 0 Å². The summed E-state index contributed by atoms with van der Waals surface area (Å²) in [4.78, 5) is 12.3. The zero-order valence-electron chi connectivity index (χ0n) is 12.8. The van der Waals surface area contributed by atoms with Crippen molar-refractivity contribution in [1.29, 1.82) is 0 Å². The molecule has 0 aromatic heterocycles. The van der Waals surface area contributed by atoms with Crippen molar-refractivity contribution in [3.05, 3.63) is 23.8 Å². The number of carbonyl (C=O) groups is 1. The van der Waals surface area contributed by atoms with Crippen LogP contribution in [0.25, 0.3) is 0 Å². The molecule has 0 bridgehead atoms.